The molecule has 0 bridgehead atoms. The van der Waals surface area contributed by atoms with Crippen molar-refractivity contribution in [2.24, 2.45) is 5.73 Å². The van der Waals surface area contributed by atoms with Gasteiger partial charge >= 0.3 is 6.03 Å². The molecule has 0 aliphatic rings. The second-order valence-electron chi connectivity index (χ2n) is 5.68. The van der Waals surface area contributed by atoms with E-state index in [1.807, 2.05) is 30.3 Å². The molecule has 0 fully saturated rings. The standard InChI is InChI=1S/C20H18FN3O2/c21-17-4-1-3-15(11-17)13-26-18-5-2-10-23-19(18)16-8-6-14(7-9-16)12-24-20(22)25/h1-11H,12-13H2,(H3,22,24,25). The number of nitrogens with zero attached hydrogens (tertiary/aromatic N) is 1. The summed E-state index contributed by atoms with van der Waals surface area (Å²) in [5.74, 6) is 0.317. The van der Waals surface area contributed by atoms with E-state index in [0.29, 0.717) is 18.0 Å². The molecule has 1 heterocycles. The van der Waals surface area contributed by atoms with Crippen LogP contribution in [0.2, 0.25) is 0 Å². The number of pyridine rings is 1. The molecule has 0 spiro atoms. The van der Waals surface area contributed by atoms with Gasteiger partial charge in [-0.2, -0.15) is 0 Å². The number of halogens is 1. The number of nitrogens with one attached hydrogen (secondary N) is 1. The topological polar surface area (TPSA) is 77.2 Å². The third kappa shape index (κ3) is 4.57. The molecule has 2 amide bonds. The summed E-state index contributed by atoms with van der Waals surface area (Å²) in [5.41, 5.74) is 8.31. The quantitative estimate of drug-likeness (QED) is 0.712. The van der Waals surface area contributed by atoms with Crippen molar-refractivity contribution in [3.05, 3.63) is 83.8 Å². The lowest BCUT2D eigenvalue weighted by molar-refractivity contribution is 0.248. The maximum atomic E-state index is 13.3. The summed E-state index contributed by atoms with van der Waals surface area (Å²) < 4.78 is 19.1. The highest BCUT2D eigenvalue weighted by atomic mass is 19.1. The molecule has 2 aromatic carbocycles. The number of hydrogen-bond acceptors (Lipinski definition) is 3. The van der Waals surface area contributed by atoms with Crippen LogP contribution in [-0.2, 0) is 13.2 Å². The Hall–Kier alpha value is -3.41. The first-order valence-corrected chi connectivity index (χ1v) is 8.07. The van der Waals surface area contributed by atoms with E-state index in [4.69, 9.17) is 10.5 Å². The number of ether oxygens (including phenoxy) is 1. The van der Waals surface area contributed by atoms with Crippen LogP contribution in [0.3, 0.4) is 0 Å². The zero-order chi connectivity index (χ0) is 18.4. The molecule has 0 saturated carbocycles. The molecule has 6 heteroatoms. The van der Waals surface area contributed by atoms with Gasteiger partial charge in [0.1, 0.15) is 23.9 Å². The number of benzene rings is 2. The Morgan fingerprint density at radius 3 is 2.62 bits per heavy atom. The summed E-state index contributed by atoms with van der Waals surface area (Å²) in [6.07, 6.45) is 1.69. The molecule has 0 atom stereocenters. The lowest BCUT2D eigenvalue weighted by Gasteiger charge is -2.11. The molecular weight excluding hydrogens is 333 g/mol. The van der Waals surface area contributed by atoms with Crippen molar-refractivity contribution in [1.82, 2.24) is 10.3 Å². The molecule has 0 unspecified atom stereocenters. The minimum Gasteiger partial charge on any atom is -0.487 e. The van der Waals surface area contributed by atoms with Crippen LogP contribution >= 0.6 is 0 Å². The van der Waals surface area contributed by atoms with Gasteiger partial charge in [0.2, 0.25) is 0 Å². The summed E-state index contributed by atoms with van der Waals surface area (Å²) in [5, 5.41) is 2.54. The summed E-state index contributed by atoms with van der Waals surface area (Å²) in [6, 6.07) is 16.9. The lowest BCUT2D eigenvalue weighted by Crippen LogP contribution is -2.28. The van der Waals surface area contributed by atoms with Crippen LogP contribution in [-0.4, -0.2) is 11.0 Å². The average Bonchev–Trinajstić information content (AvgIpc) is 2.65. The van der Waals surface area contributed by atoms with Crippen molar-refractivity contribution >= 4 is 6.03 Å². The van der Waals surface area contributed by atoms with Crippen molar-refractivity contribution in [3.8, 4) is 17.0 Å². The summed E-state index contributed by atoms with van der Waals surface area (Å²) in [4.78, 5) is 15.2. The molecule has 26 heavy (non-hydrogen) atoms. The van der Waals surface area contributed by atoms with Crippen LogP contribution in [0.15, 0.2) is 66.9 Å². The zero-order valence-corrected chi connectivity index (χ0v) is 14.0. The minimum atomic E-state index is -0.563. The number of rotatable bonds is 6. The van der Waals surface area contributed by atoms with Gasteiger partial charge in [0, 0.05) is 18.3 Å². The fourth-order valence-corrected chi connectivity index (χ4v) is 2.48. The molecular formula is C20H18FN3O2. The number of carbonyl (C=O) groups excluding carboxylic acids is 1. The van der Waals surface area contributed by atoms with E-state index in [1.54, 1.807) is 24.4 Å². The third-order valence-corrected chi connectivity index (χ3v) is 3.75. The number of urea groups is 1. The summed E-state index contributed by atoms with van der Waals surface area (Å²) in [7, 11) is 0. The molecule has 0 aliphatic carbocycles. The van der Waals surface area contributed by atoms with Gasteiger partial charge in [-0.05, 0) is 35.4 Å². The number of aromatic nitrogens is 1. The predicted molar refractivity (Wildman–Crippen MR) is 96.8 cm³/mol. The fourth-order valence-electron chi connectivity index (χ4n) is 2.48. The molecule has 0 saturated heterocycles. The predicted octanol–water partition coefficient (Wildman–Crippen LogP) is 3.64. The second-order valence-corrected chi connectivity index (χ2v) is 5.68. The summed E-state index contributed by atoms with van der Waals surface area (Å²) in [6.45, 7) is 0.609. The maximum absolute atomic E-state index is 13.3. The van der Waals surface area contributed by atoms with Gasteiger partial charge in [0.15, 0.2) is 0 Å². The van der Waals surface area contributed by atoms with Crippen LogP contribution < -0.4 is 15.8 Å². The number of nitrogens with two attached hydrogens (primary N) is 1. The van der Waals surface area contributed by atoms with Gasteiger partial charge in [-0.25, -0.2) is 9.18 Å². The minimum absolute atomic E-state index is 0.247. The van der Waals surface area contributed by atoms with Crippen molar-refractivity contribution in [1.29, 1.82) is 0 Å². The maximum Gasteiger partial charge on any atom is 0.312 e. The normalized spacial score (nSPS) is 10.3. The Balaban J connectivity index is 1.75. The third-order valence-electron chi connectivity index (χ3n) is 3.75. The second kappa shape index (κ2) is 8.11. The van der Waals surface area contributed by atoms with Crippen LogP contribution in [0, 0.1) is 5.82 Å². The highest BCUT2D eigenvalue weighted by Crippen LogP contribution is 2.28. The van der Waals surface area contributed by atoms with Gasteiger partial charge in [-0.15, -0.1) is 0 Å². The van der Waals surface area contributed by atoms with Crippen LogP contribution in [0.1, 0.15) is 11.1 Å². The zero-order valence-electron chi connectivity index (χ0n) is 14.0. The van der Waals surface area contributed by atoms with Gasteiger partial charge < -0.3 is 15.8 Å². The van der Waals surface area contributed by atoms with Crippen LogP contribution in [0.4, 0.5) is 9.18 Å². The first kappa shape index (κ1) is 17.4. The van der Waals surface area contributed by atoms with Gasteiger partial charge in [0.05, 0.1) is 0 Å². The molecule has 3 aromatic rings. The molecule has 0 radical (unpaired) electrons. The Bertz CT molecular complexity index is 898. The Labute approximate surface area is 150 Å². The molecule has 132 valence electrons. The van der Waals surface area contributed by atoms with Crippen molar-refractivity contribution in [2.75, 3.05) is 0 Å². The SMILES string of the molecule is NC(=O)NCc1ccc(-c2ncccc2OCc2cccc(F)c2)cc1. The van der Waals surface area contributed by atoms with E-state index in [9.17, 15) is 9.18 Å². The number of amides is 2. The molecule has 3 rings (SSSR count). The van der Waals surface area contributed by atoms with E-state index in [0.717, 1.165) is 16.7 Å². The number of hydrogen-bond donors (Lipinski definition) is 2. The van der Waals surface area contributed by atoms with Crippen molar-refractivity contribution in [3.63, 3.8) is 0 Å². The molecule has 1 aromatic heterocycles. The van der Waals surface area contributed by atoms with Crippen LogP contribution in [0.5, 0.6) is 5.75 Å². The van der Waals surface area contributed by atoms with Gasteiger partial charge in [0.25, 0.3) is 0 Å². The van der Waals surface area contributed by atoms with E-state index < -0.39 is 6.03 Å². The summed E-state index contributed by atoms with van der Waals surface area (Å²) >= 11 is 0. The van der Waals surface area contributed by atoms with Gasteiger partial charge in [-0.1, -0.05) is 36.4 Å². The van der Waals surface area contributed by atoms with E-state index >= 15 is 0 Å². The largest absolute Gasteiger partial charge is 0.487 e. The van der Waals surface area contributed by atoms with Crippen molar-refractivity contribution in [2.45, 2.75) is 13.2 Å². The highest BCUT2D eigenvalue weighted by Gasteiger charge is 2.08. The number of carbonyl (C=O) groups is 1. The highest BCUT2D eigenvalue weighted by molar-refractivity contribution is 5.71. The van der Waals surface area contributed by atoms with Crippen LogP contribution in [0.25, 0.3) is 11.3 Å². The Morgan fingerprint density at radius 1 is 1.08 bits per heavy atom. The first-order chi connectivity index (χ1) is 12.6. The van der Waals surface area contributed by atoms with E-state index in [-0.39, 0.29) is 12.4 Å². The van der Waals surface area contributed by atoms with E-state index in [1.165, 1.54) is 12.1 Å². The monoisotopic (exact) mass is 351 g/mol. The molecule has 3 N–H and O–H groups in total. The van der Waals surface area contributed by atoms with Gasteiger partial charge in [-0.3, -0.25) is 4.98 Å². The number of primary amides is 1. The average molecular weight is 351 g/mol. The Morgan fingerprint density at radius 2 is 1.88 bits per heavy atom. The molecule has 0 aliphatic heterocycles. The Kier molecular flexibility index (Phi) is 5.43. The van der Waals surface area contributed by atoms with Crippen molar-refractivity contribution < 1.29 is 13.9 Å². The first-order valence-electron chi connectivity index (χ1n) is 8.07. The fraction of sp³-hybridized carbons (Fsp3) is 0.100. The van der Waals surface area contributed by atoms with E-state index in [2.05, 4.69) is 10.3 Å². The molecule has 5 nitrogen and oxygen atoms in total. The lowest BCUT2D eigenvalue weighted by atomic mass is 10.1. The smallest absolute Gasteiger partial charge is 0.312 e.